The number of nitrogens with two attached hydrogens (primary N) is 1. The first kappa shape index (κ1) is 19.2. The Hall–Kier alpha value is -2.57. The number of methoxy groups -OCH3 is 1. The fourth-order valence-corrected chi connectivity index (χ4v) is 3.34. The van der Waals surface area contributed by atoms with E-state index in [1.807, 2.05) is 25.1 Å². The van der Waals surface area contributed by atoms with Gasteiger partial charge in [-0.05, 0) is 42.3 Å². The van der Waals surface area contributed by atoms with Gasteiger partial charge in [0, 0.05) is 30.9 Å². The average molecular weight is 369 g/mol. The SMILES string of the molecule is COc1ccc(C(CNC(=O)c2cc(N)ccc2C)N2CCOCC2)cc1. The van der Waals surface area contributed by atoms with E-state index in [0.29, 0.717) is 31.0 Å². The van der Waals surface area contributed by atoms with E-state index in [1.54, 1.807) is 19.2 Å². The van der Waals surface area contributed by atoms with E-state index in [4.69, 9.17) is 15.2 Å². The summed E-state index contributed by atoms with van der Waals surface area (Å²) in [6.45, 7) is 5.51. The quantitative estimate of drug-likeness (QED) is 0.765. The summed E-state index contributed by atoms with van der Waals surface area (Å²) in [6.07, 6.45) is 0. The van der Waals surface area contributed by atoms with Crippen LogP contribution in [-0.2, 0) is 4.74 Å². The predicted octanol–water partition coefficient (Wildman–Crippen LogP) is 2.39. The van der Waals surface area contributed by atoms with Crippen LogP contribution >= 0.6 is 0 Å². The van der Waals surface area contributed by atoms with E-state index < -0.39 is 0 Å². The van der Waals surface area contributed by atoms with Gasteiger partial charge in [0.15, 0.2) is 0 Å². The van der Waals surface area contributed by atoms with Crippen molar-refractivity contribution in [2.45, 2.75) is 13.0 Å². The number of nitrogens with one attached hydrogen (secondary N) is 1. The highest BCUT2D eigenvalue weighted by atomic mass is 16.5. The van der Waals surface area contributed by atoms with Crippen LogP contribution in [0.15, 0.2) is 42.5 Å². The van der Waals surface area contributed by atoms with Crippen molar-refractivity contribution < 1.29 is 14.3 Å². The molecule has 6 nitrogen and oxygen atoms in total. The smallest absolute Gasteiger partial charge is 0.251 e. The van der Waals surface area contributed by atoms with Crippen LogP contribution in [0.2, 0.25) is 0 Å². The third-order valence-electron chi connectivity index (χ3n) is 4.95. The second-order valence-electron chi connectivity index (χ2n) is 6.72. The summed E-state index contributed by atoms with van der Waals surface area (Å²) in [5.41, 5.74) is 9.10. The fraction of sp³-hybridized carbons (Fsp3) is 0.381. The molecular weight excluding hydrogens is 342 g/mol. The molecule has 1 amide bonds. The largest absolute Gasteiger partial charge is 0.497 e. The molecule has 0 saturated carbocycles. The standard InChI is InChI=1S/C21H27N3O3/c1-15-3-6-17(22)13-19(15)21(25)23-14-20(24-9-11-27-12-10-24)16-4-7-18(26-2)8-5-16/h3-8,13,20H,9-12,14,22H2,1-2H3,(H,23,25). The molecule has 2 aromatic carbocycles. The molecule has 144 valence electrons. The number of morpholine rings is 1. The van der Waals surface area contributed by atoms with Crippen LogP contribution in [0.1, 0.15) is 27.5 Å². The predicted molar refractivity (Wildman–Crippen MR) is 106 cm³/mol. The Labute approximate surface area is 160 Å². The highest BCUT2D eigenvalue weighted by Crippen LogP contribution is 2.24. The van der Waals surface area contributed by atoms with Gasteiger partial charge < -0.3 is 20.5 Å². The van der Waals surface area contributed by atoms with E-state index in [2.05, 4.69) is 22.3 Å². The summed E-state index contributed by atoms with van der Waals surface area (Å²) in [5.74, 6) is 0.713. The van der Waals surface area contributed by atoms with Crippen LogP contribution < -0.4 is 15.8 Å². The minimum Gasteiger partial charge on any atom is -0.497 e. The Morgan fingerprint density at radius 1 is 1.22 bits per heavy atom. The van der Waals surface area contributed by atoms with Crippen LogP contribution in [-0.4, -0.2) is 50.8 Å². The average Bonchev–Trinajstić information content (AvgIpc) is 2.71. The number of aryl methyl sites for hydroxylation is 1. The lowest BCUT2D eigenvalue weighted by Gasteiger charge is -2.35. The molecule has 1 unspecified atom stereocenters. The Morgan fingerprint density at radius 3 is 2.59 bits per heavy atom. The zero-order valence-electron chi connectivity index (χ0n) is 15.9. The van der Waals surface area contributed by atoms with Crippen molar-refractivity contribution in [3.63, 3.8) is 0 Å². The molecule has 3 rings (SSSR count). The van der Waals surface area contributed by atoms with E-state index >= 15 is 0 Å². The van der Waals surface area contributed by atoms with Crippen molar-refractivity contribution in [2.75, 3.05) is 45.7 Å². The molecular formula is C21H27N3O3. The second kappa shape index (κ2) is 8.88. The van der Waals surface area contributed by atoms with Crippen LogP contribution in [0, 0.1) is 6.92 Å². The van der Waals surface area contributed by atoms with Crippen LogP contribution in [0.3, 0.4) is 0 Å². The number of anilines is 1. The van der Waals surface area contributed by atoms with Crippen molar-refractivity contribution in [3.8, 4) is 5.75 Å². The van der Waals surface area contributed by atoms with Gasteiger partial charge in [-0.2, -0.15) is 0 Å². The van der Waals surface area contributed by atoms with Gasteiger partial charge in [0.2, 0.25) is 0 Å². The number of nitrogen functional groups attached to an aromatic ring is 1. The zero-order chi connectivity index (χ0) is 19.2. The van der Waals surface area contributed by atoms with Crippen molar-refractivity contribution in [3.05, 3.63) is 59.2 Å². The Balaban J connectivity index is 1.76. The number of hydrogen-bond donors (Lipinski definition) is 2. The maximum atomic E-state index is 12.7. The maximum Gasteiger partial charge on any atom is 0.251 e. The van der Waals surface area contributed by atoms with Crippen molar-refractivity contribution in [1.82, 2.24) is 10.2 Å². The molecule has 0 bridgehead atoms. The molecule has 0 aromatic heterocycles. The number of nitrogens with zero attached hydrogens (tertiary/aromatic N) is 1. The minimum absolute atomic E-state index is 0.0742. The summed E-state index contributed by atoms with van der Waals surface area (Å²) < 4.78 is 10.7. The lowest BCUT2D eigenvalue weighted by molar-refractivity contribution is 0.0162. The van der Waals surface area contributed by atoms with Crippen molar-refractivity contribution in [2.24, 2.45) is 0 Å². The van der Waals surface area contributed by atoms with E-state index in [1.165, 1.54) is 0 Å². The number of carbonyl (C=O) groups excluding carboxylic acids is 1. The van der Waals surface area contributed by atoms with E-state index in [-0.39, 0.29) is 11.9 Å². The summed E-state index contributed by atoms with van der Waals surface area (Å²) in [6, 6.07) is 13.5. The number of amides is 1. The molecule has 0 spiro atoms. The third-order valence-corrected chi connectivity index (χ3v) is 4.95. The normalized spacial score (nSPS) is 15.9. The molecule has 1 fully saturated rings. The van der Waals surface area contributed by atoms with Gasteiger partial charge in [-0.25, -0.2) is 0 Å². The number of rotatable bonds is 6. The van der Waals surface area contributed by atoms with Gasteiger partial charge in [0.05, 0.1) is 26.4 Å². The molecule has 1 aliphatic heterocycles. The van der Waals surface area contributed by atoms with Gasteiger partial charge in [-0.1, -0.05) is 18.2 Å². The summed E-state index contributed by atoms with van der Waals surface area (Å²) in [7, 11) is 1.66. The van der Waals surface area contributed by atoms with E-state index in [0.717, 1.165) is 30.0 Å². The second-order valence-corrected chi connectivity index (χ2v) is 6.72. The third kappa shape index (κ3) is 4.78. The molecule has 0 radical (unpaired) electrons. The first-order valence-electron chi connectivity index (χ1n) is 9.18. The number of carbonyl (C=O) groups is 1. The lowest BCUT2D eigenvalue weighted by atomic mass is 10.0. The fourth-order valence-electron chi connectivity index (χ4n) is 3.34. The van der Waals surface area contributed by atoms with Gasteiger partial charge >= 0.3 is 0 Å². The number of benzene rings is 2. The topological polar surface area (TPSA) is 76.8 Å². The molecule has 1 aliphatic rings. The van der Waals surface area contributed by atoms with Crippen LogP contribution in [0.5, 0.6) is 5.75 Å². The molecule has 27 heavy (non-hydrogen) atoms. The molecule has 1 atom stereocenters. The molecule has 3 N–H and O–H groups in total. The lowest BCUT2D eigenvalue weighted by Crippen LogP contribution is -2.43. The van der Waals surface area contributed by atoms with Gasteiger partial charge in [0.25, 0.3) is 5.91 Å². The van der Waals surface area contributed by atoms with Crippen molar-refractivity contribution >= 4 is 11.6 Å². The van der Waals surface area contributed by atoms with Crippen LogP contribution in [0.4, 0.5) is 5.69 Å². The maximum absolute atomic E-state index is 12.7. The summed E-state index contributed by atoms with van der Waals surface area (Å²) >= 11 is 0. The Bertz CT molecular complexity index is 771. The first-order chi connectivity index (χ1) is 13.1. The molecule has 6 heteroatoms. The van der Waals surface area contributed by atoms with Crippen molar-refractivity contribution in [1.29, 1.82) is 0 Å². The van der Waals surface area contributed by atoms with Crippen LogP contribution in [0.25, 0.3) is 0 Å². The van der Waals surface area contributed by atoms with Gasteiger partial charge in [0.1, 0.15) is 5.75 Å². The molecule has 1 heterocycles. The monoisotopic (exact) mass is 369 g/mol. The summed E-state index contributed by atoms with van der Waals surface area (Å²) in [4.78, 5) is 15.1. The van der Waals surface area contributed by atoms with Gasteiger partial charge in [-0.3, -0.25) is 9.69 Å². The molecule has 2 aromatic rings. The highest BCUT2D eigenvalue weighted by Gasteiger charge is 2.23. The molecule has 0 aliphatic carbocycles. The molecule has 1 saturated heterocycles. The summed E-state index contributed by atoms with van der Waals surface area (Å²) in [5, 5.41) is 3.08. The Kier molecular flexibility index (Phi) is 6.32. The number of ether oxygens (including phenoxy) is 2. The highest BCUT2D eigenvalue weighted by molar-refractivity contribution is 5.96. The Morgan fingerprint density at radius 2 is 1.93 bits per heavy atom. The van der Waals surface area contributed by atoms with Gasteiger partial charge in [-0.15, -0.1) is 0 Å². The number of hydrogen-bond acceptors (Lipinski definition) is 5. The first-order valence-corrected chi connectivity index (χ1v) is 9.18. The zero-order valence-corrected chi connectivity index (χ0v) is 15.9. The van der Waals surface area contributed by atoms with E-state index in [9.17, 15) is 4.79 Å². The minimum atomic E-state index is -0.105.